The van der Waals surface area contributed by atoms with Gasteiger partial charge < -0.3 is 23.7 Å². The molecule has 0 amide bonds. The molecule has 5 rings (SSSR count). The first-order valence-corrected chi connectivity index (χ1v) is 8.83. The van der Waals surface area contributed by atoms with Crippen LogP contribution in [0.4, 0.5) is 0 Å². The summed E-state index contributed by atoms with van der Waals surface area (Å²) in [6.07, 6.45) is 0.169. The summed E-state index contributed by atoms with van der Waals surface area (Å²) in [6.45, 7) is 0.161. The lowest BCUT2D eigenvalue weighted by Crippen LogP contribution is -2.16. The Morgan fingerprint density at radius 1 is 1.07 bits per heavy atom. The van der Waals surface area contributed by atoms with Gasteiger partial charge in [-0.1, -0.05) is 0 Å². The lowest BCUT2D eigenvalue weighted by molar-refractivity contribution is -0.140. The highest BCUT2D eigenvalue weighted by Gasteiger charge is 2.33. The van der Waals surface area contributed by atoms with Crippen molar-refractivity contribution in [3.8, 4) is 28.9 Å². The number of ether oxygens (including phenoxy) is 5. The number of hydrogen-bond acceptors (Lipinski definition) is 7. The summed E-state index contributed by atoms with van der Waals surface area (Å²) in [5, 5.41) is 0.933. The van der Waals surface area contributed by atoms with E-state index in [1.54, 1.807) is 13.2 Å². The van der Waals surface area contributed by atoms with Crippen LogP contribution in [0.3, 0.4) is 0 Å². The summed E-state index contributed by atoms with van der Waals surface area (Å²) in [5.74, 6) is 2.45. The molecule has 0 spiro atoms. The molecule has 1 aromatic heterocycles. The van der Waals surface area contributed by atoms with E-state index >= 15 is 0 Å². The van der Waals surface area contributed by atoms with E-state index < -0.39 is 0 Å². The number of carbonyl (C=O) groups is 1. The fraction of sp³-hybridized carbons (Fsp3) is 0.238. The van der Waals surface area contributed by atoms with Gasteiger partial charge in [-0.15, -0.1) is 0 Å². The minimum Gasteiger partial charge on any atom is -0.497 e. The maximum atomic E-state index is 12.1. The largest absolute Gasteiger partial charge is 0.497 e. The number of fused-ring (bicyclic) bond motifs is 4. The lowest BCUT2D eigenvalue weighted by atomic mass is 9.86. The van der Waals surface area contributed by atoms with E-state index in [2.05, 4.69) is 4.98 Å². The molecular weight excluding hydrogens is 362 g/mol. The molecule has 2 aliphatic rings. The Bertz CT molecular complexity index is 1110. The molecule has 0 saturated heterocycles. The van der Waals surface area contributed by atoms with Crippen molar-refractivity contribution >= 4 is 16.9 Å². The van der Waals surface area contributed by atoms with Crippen molar-refractivity contribution in [2.45, 2.75) is 12.3 Å². The predicted molar refractivity (Wildman–Crippen MR) is 99.4 cm³/mol. The van der Waals surface area contributed by atoms with Crippen molar-refractivity contribution in [3.05, 3.63) is 47.5 Å². The minimum absolute atomic E-state index is 0.161. The fourth-order valence-electron chi connectivity index (χ4n) is 3.65. The molecule has 0 aliphatic carbocycles. The second-order valence-corrected chi connectivity index (χ2v) is 6.62. The van der Waals surface area contributed by atoms with Gasteiger partial charge in [0.1, 0.15) is 11.5 Å². The van der Waals surface area contributed by atoms with Gasteiger partial charge in [-0.3, -0.25) is 4.79 Å². The molecule has 0 N–H and O–H groups in total. The number of hydrogen-bond donors (Lipinski definition) is 0. The normalized spacial score (nSPS) is 16.1. The molecular formula is C21H17NO6. The summed E-state index contributed by atoms with van der Waals surface area (Å²) < 4.78 is 27.3. The van der Waals surface area contributed by atoms with E-state index in [-0.39, 0.29) is 25.1 Å². The van der Waals surface area contributed by atoms with Gasteiger partial charge >= 0.3 is 5.97 Å². The summed E-state index contributed by atoms with van der Waals surface area (Å²) in [6, 6.07) is 11.3. The number of carbonyl (C=O) groups excluding carboxylic acids is 1. The molecule has 0 radical (unpaired) electrons. The molecule has 3 heterocycles. The third kappa shape index (κ3) is 2.58. The molecule has 0 saturated carbocycles. The highest BCUT2D eigenvalue weighted by atomic mass is 16.7. The van der Waals surface area contributed by atoms with Crippen molar-refractivity contribution in [1.82, 2.24) is 4.98 Å². The van der Waals surface area contributed by atoms with Crippen LogP contribution < -0.4 is 18.9 Å². The van der Waals surface area contributed by atoms with Crippen LogP contribution in [0.1, 0.15) is 23.5 Å². The van der Waals surface area contributed by atoms with E-state index in [4.69, 9.17) is 23.7 Å². The summed E-state index contributed by atoms with van der Waals surface area (Å²) in [5.41, 5.74) is 2.42. The van der Waals surface area contributed by atoms with Gasteiger partial charge in [0.2, 0.25) is 12.7 Å². The van der Waals surface area contributed by atoms with Gasteiger partial charge in [0, 0.05) is 34.6 Å². The third-order valence-electron chi connectivity index (χ3n) is 5.08. The topological polar surface area (TPSA) is 76.1 Å². The summed E-state index contributed by atoms with van der Waals surface area (Å²) in [7, 11) is 3.00. The highest BCUT2D eigenvalue weighted by molar-refractivity contribution is 5.83. The summed E-state index contributed by atoms with van der Waals surface area (Å²) in [4.78, 5) is 16.8. The number of nitrogens with zero attached hydrogens (tertiary/aromatic N) is 1. The van der Waals surface area contributed by atoms with Crippen molar-refractivity contribution in [1.29, 1.82) is 0 Å². The van der Waals surface area contributed by atoms with E-state index in [0.717, 1.165) is 22.0 Å². The molecule has 7 heteroatoms. The quantitative estimate of drug-likeness (QED) is 0.641. The maximum Gasteiger partial charge on any atom is 0.306 e. The Hall–Kier alpha value is -3.48. The molecule has 2 aromatic carbocycles. The Morgan fingerprint density at radius 2 is 1.89 bits per heavy atom. The van der Waals surface area contributed by atoms with Crippen molar-refractivity contribution in [2.24, 2.45) is 0 Å². The number of methoxy groups -OCH3 is 2. The van der Waals surface area contributed by atoms with Crippen LogP contribution in [0.25, 0.3) is 10.9 Å². The van der Waals surface area contributed by atoms with Crippen LogP contribution in [0, 0.1) is 0 Å². The second-order valence-electron chi connectivity index (χ2n) is 6.62. The Balaban J connectivity index is 1.69. The molecule has 1 atom stereocenters. The smallest absolute Gasteiger partial charge is 0.306 e. The van der Waals surface area contributed by atoms with E-state index in [9.17, 15) is 4.79 Å². The average Bonchev–Trinajstić information content (AvgIpc) is 3.17. The lowest BCUT2D eigenvalue weighted by Gasteiger charge is -2.27. The van der Waals surface area contributed by atoms with Crippen LogP contribution in [0.2, 0.25) is 0 Å². The first-order chi connectivity index (χ1) is 13.7. The van der Waals surface area contributed by atoms with Gasteiger partial charge in [0.05, 0.1) is 26.2 Å². The summed E-state index contributed by atoms with van der Waals surface area (Å²) >= 11 is 0. The SMILES string of the molecule is COC(=O)CC1c2cc3c(cc2Oc2nc4cc(OC)ccc4cc21)OCO3. The molecule has 0 fully saturated rings. The highest BCUT2D eigenvalue weighted by Crippen LogP contribution is 2.50. The van der Waals surface area contributed by atoms with E-state index in [1.165, 1.54) is 7.11 Å². The number of aromatic nitrogens is 1. The van der Waals surface area contributed by atoms with Crippen LogP contribution in [-0.2, 0) is 9.53 Å². The number of rotatable bonds is 3. The molecule has 0 bridgehead atoms. The van der Waals surface area contributed by atoms with Crippen molar-refractivity contribution < 1.29 is 28.5 Å². The van der Waals surface area contributed by atoms with Gasteiger partial charge in [0.25, 0.3) is 0 Å². The Labute approximate surface area is 160 Å². The number of pyridine rings is 1. The monoisotopic (exact) mass is 379 g/mol. The number of benzene rings is 2. The molecule has 7 nitrogen and oxygen atoms in total. The zero-order valence-electron chi connectivity index (χ0n) is 15.4. The van der Waals surface area contributed by atoms with E-state index in [1.807, 2.05) is 30.3 Å². The predicted octanol–water partition coefficient (Wildman–Crippen LogP) is 3.77. The number of esters is 1. The maximum absolute atomic E-state index is 12.1. The average molecular weight is 379 g/mol. The molecule has 2 aliphatic heterocycles. The van der Waals surface area contributed by atoms with Crippen LogP contribution >= 0.6 is 0 Å². The van der Waals surface area contributed by atoms with Gasteiger partial charge in [-0.05, 0) is 24.3 Å². The van der Waals surface area contributed by atoms with Crippen molar-refractivity contribution in [2.75, 3.05) is 21.0 Å². The van der Waals surface area contributed by atoms with Gasteiger partial charge in [0.15, 0.2) is 11.5 Å². The molecule has 28 heavy (non-hydrogen) atoms. The van der Waals surface area contributed by atoms with Crippen LogP contribution in [-0.4, -0.2) is 32.0 Å². The third-order valence-corrected chi connectivity index (χ3v) is 5.08. The Morgan fingerprint density at radius 3 is 2.68 bits per heavy atom. The second kappa shape index (κ2) is 6.30. The molecule has 1 unspecified atom stereocenters. The van der Waals surface area contributed by atoms with Crippen LogP contribution in [0.15, 0.2) is 36.4 Å². The standard InChI is InChI=1S/C21H17NO6/c1-24-12-4-3-11-5-15-13(8-20(23)25-2)14-7-18-19(27-10-26-18)9-17(14)28-21(15)22-16(11)6-12/h3-7,9,13H,8,10H2,1-2H3. The minimum atomic E-state index is -0.309. The van der Waals surface area contributed by atoms with Crippen LogP contribution in [0.5, 0.6) is 28.9 Å². The molecule has 3 aromatic rings. The van der Waals surface area contributed by atoms with Gasteiger partial charge in [-0.25, -0.2) is 4.98 Å². The zero-order valence-corrected chi connectivity index (χ0v) is 15.4. The molecule has 142 valence electrons. The van der Waals surface area contributed by atoms with E-state index in [0.29, 0.717) is 28.9 Å². The van der Waals surface area contributed by atoms with Crippen molar-refractivity contribution in [3.63, 3.8) is 0 Å². The first-order valence-electron chi connectivity index (χ1n) is 8.83. The fourth-order valence-corrected chi connectivity index (χ4v) is 3.65. The first kappa shape index (κ1) is 16.7. The Kier molecular flexibility index (Phi) is 3.75. The zero-order chi connectivity index (χ0) is 19.3. The van der Waals surface area contributed by atoms with Gasteiger partial charge in [-0.2, -0.15) is 0 Å².